The number of ether oxygens (including phenoxy) is 1. The standard InChI is InChI=1S/C25H39NO4S/c1-5-6-7-8-9-10-11-12-13-17-24(29)31-19-22(27)26(18-23(28)30-4)25-20(2)15-14-16-21(25)3/h14-16H,5-13,17-19H2,1-4H3. The molecule has 0 bridgehead atoms. The highest BCUT2D eigenvalue weighted by Crippen LogP contribution is 2.26. The van der Waals surface area contributed by atoms with Crippen LogP contribution in [0, 0.1) is 13.8 Å². The van der Waals surface area contributed by atoms with Crippen LogP contribution < -0.4 is 4.90 Å². The quantitative estimate of drug-likeness (QED) is 0.243. The minimum absolute atomic E-state index is 0.0288. The molecule has 0 aliphatic carbocycles. The number of methoxy groups -OCH3 is 1. The third-order valence-electron chi connectivity index (χ3n) is 5.37. The number of para-hydroxylation sites is 1. The smallest absolute Gasteiger partial charge is 0.325 e. The lowest BCUT2D eigenvalue weighted by Gasteiger charge is -2.25. The van der Waals surface area contributed by atoms with Crippen molar-refractivity contribution in [2.45, 2.75) is 85.0 Å². The number of anilines is 1. The monoisotopic (exact) mass is 449 g/mol. The van der Waals surface area contributed by atoms with E-state index in [0.717, 1.165) is 35.7 Å². The Kier molecular flexibility index (Phi) is 14.0. The van der Waals surface area contributed by atoms with Crippen LogP contribution in [-0.4, -0.2) is 36.4 Å². The number of carbonyl (C=O) groups excluding carboxylic acids is 3. The Morgan fingerprint density at radius 3 is 2.00 bits per heavy atom. The molecule has 31 heavy (non-hydrogen) atoms. The van der Waals surface area contributed by atoms with Gasteiger partial charge in [0.1, 0.15) is 6.54 Å². The topological polar surface area (TPSA) is 63.7 Å². The molecule has 1 rings (SSSR count). The Balaban J connectivity index is 2.44. The van der Waals surface area contributed by atoms with E-state index >= 15 is 0 Å². The summed E-state index contributed by atoms with van der Waals surface area (Å²) in [5.74, 6) is -0.712. The van der Waals surface area contributed by atoms with Gasteiger partial charge in [-0.25, -0.2) is 0 Å². The van der Waals surface area contributed by atoms with Gasteiger partial charge in [0, 0.05) is 6.42 Å². The summed E-state index contributed by atoms with van der Waals surface area (Å²) in [5.41, 5.74) is 2.52. The number of rotatable bonds is 15. The van der Waals surface area contributed by atoms with Crippen molar-refractivity contribution < 1.29 is 19.1 Å². The Hall–Kier alpha value is -1.82. The first-order chi connectivity index (χ1) is 14.9. The zero-order valence-electron chi connectivity index (χ0n) is 19.7. The lowest BCUT2D eigenvalue weighted by atomic mass is 10.1. The van der Waals surface area contributed by atoms with E-state index in [-0.39, 0.29) is 23.3 Å². The number of esters is 1. The number of carbonyl (C=O) groups is 3. The molecule has 0 aliphatic heterocycles. The van der Waals surface area contributed by atoms with Crippen LogP contribution in [0.25, 0.3) is 0 Å². The van der Waals surface area contributed by atoms with Crippen molar-refractivity contribution >= 4 is 34.4 Å². The van der Waals surface area contributed by atoms with Crippen LogP contribution >= 0.6 is 11.8 Å². The molecule has 1 aromatic carbocycles. The van der Waals surface area contributed by atoms with Gasteiger partial charge in [0.15, 0.2) is 5.12 Å². The van der Waals surface area contributed by atoms with Crippen molar-refractivity contribution in [2.75, 3.05) is 24.3 Å². The maximum absolute atomic E-state index is 12.9. The van der Waals surface area contributed by atoms with Crippen LogP contribution in [0.5, 0.6) is 0 Å². The molecule has 1 aromatic rings. The molecule has 0 saturated heterocycles. The molecule has 0 N–H and O–H groups in total. The van der Waals surface area contributed by atoms with Gasteiger partial charge in [0.25, 0.3) is 0 Å². The molecule has 0 unspecified atom stereocenters. The minimum atomic E-state index is -0.484. The van der Waals surface area contributed by atoms with Crippen molar-refractivity contribution in [3.05, 3.63) is 29.3 Å². The van der Waals surface area contributed by atoms with E-state index in [1.54, 1.807) is 0 Å². The van der Waals surface area contributed by atoms with Crippen molar-refractivity contribution in [1.29, 1.82) is 0 Å². The first-order valence-electron chi connectivity index (χ1n) is 11.5. The van der Waals surface area contributed by atoms with E-state index in [4.69, 9.17) is 4.74 Å². The molecular weight excluding hydrogens is 410 g/mol. The van der Waals surface area contributed by atoms with Gasteiger partial charge in [0.05, 0.1) is 18.6 Å². The van der Waals surface area contributed by atoms with Gasteiger partial charge in [-0.2, -0.15) is 0 Å². The predicted molar refractivity (Wildman–Crippen MR) is 130 cm³/mol. The van der Waals surface area contributed by atoms with Gasteiger partial charge in [0.2, 0.25) is 5.91 Å². The molecule has 0 radical (unpaired) electrons. The lowest BCUT2D eigenvalue weighted by molar-refractivity contribution is -0.139. The Morgan fingerprint density at radius 1 is 0.903 bits per heavy atom. The molecule has 6 heteroatoms. The molecule has 0 heterocycles. The first-order valence-corrected chi connectivity index (χ1v) is 12.5. The van der Waals surface area contributed by atoms with Gasteiger partial charge in [-0.15, -0.1) is 0 Å². The van der Waals surface area contributed by atoms with E-state index in [1.807, 2.05) is 32.0 Å². The molecule has 0 aromatic heterocycles. The van der Waals surface area contributed by atoms with E-state index in [1.165, 1.54) is 57.0 Å². The van der Waals surface area contributed by atoms with Gasteiger partial charge >= 0.3 is 5.97 Å². The average Bonchev–Trinajstić information content (AvgIpc) is 2.75. The molecule has 0 saturated carbocycles. The number of thioether (sulfide) groups is 1. The van der Waals surface area contributed by atoms with E-state index in [2.05, 4.69) is 6.92 Å². The van der Waals surface area contributed by atoms with E-state index < -0.39 is 5.97 Å². The fraction of sp³-hybridized carbons (Fsp3) is 0.640. The summed E-state index contributed by atoms with van der Waals surface area (Å²) in [5, 5.41) is 0.0378. The van der Waals surface area contributed by atoms with Gasteiger partial charge in [-0.05, 0) is 31.4 Å². The minimum Gasteiger partial charge on any atom is -0.468 e. The highest BCUT2D eigenvalue weighted by Gasteiger charge is 2.23. The second-order valence-corrected chi connectivity index (χ2v) is 9.07. The molecule has 0 spiro atoms. The molecule has 174 valence electrons. The highest BCUT2D eigenvalue weighted by molar-refractivity contribution is 8.14. The van der Waals surface area contributed by atoms with Gasteiger partial charge < -0.3 is 4.74 Å². The summed E-state index contributed by atoms with van der Waals surface area (Å²) in [4.78, 5) is 38.4. The normalized spacial score (nSPS) is 10.7. The summed E-state index contributed by atoms with van der Waals surface area (Å²) < 4.78 is 4.76. The Bertz CT molecular complexity index is 685. The highest BCUT2D eigenvalue weighted by atomic mass is 32.2. The maximum Gasteiger partial charge on any atom is 0.325 e. The second kappa shape index (κ2) is 15.9. The van der Waals surface area contributed by atoms with Crippen LogP contribution in [0.1, 0.15) is 82.3 Å². The number of amides is 1. The van der Waals surface area contributed by atoms with Gasteiger partial charge in [-0.3, -0.25) is 19.3 Å². The third kappa shape index (κ3) is 10.9. The van der Waals surface area contributed by atoms with Crippen molar-refractivity contribution in [3.8, 4) is 0 Å². The van der Waals surface area contributed by atoms with Crippen LogP contribution in [0.3, 0.4) is 0 Å². The number of unbranched alkanes of at least 4 members (excludes halogenated alkanes) is 8. The summed E-state index contributed by atoms with van der Waals surface area (Å²) >= 11 is 1.05. The second-order valence-electron chi connectivity index (χ2n) is 8.04. The lowest BCUT2D eigenvalue weighted by Crippen LogP contribution is -2.38. The summed E-state index contributed by atoms with van der Waals surface area (Å²) in [7, 11) is 1.30. The number of benzene rings is 1. The molecule has 1 amide bonds. The zero-order valence-corrected chi connectivity index (χ0v) is 20.5. The number of hydrogen-bond acceptors (Lipinski definition) is 5. The summed E-state index contributed by atoms with van der Waals surface area (Å²) in [6.45, 7) is 5.88. The molecule has 0 fully saturated rings. The molecule has 0 atom stereocenters. The van der Waals surface area contributed by atoms with Crippen molar-refractivity contribution in [3.63, 3.8) is 0 Å². The van der Waals surface area contributed by atoms with Crippen LogP contribution in [0.4, 0.5) is 5.69 Å². The third-order valence-corrected chi connectivity index (χ3v) is 6.28. The number of nitrogens with zero attached hydrogens (tertiary/aromatic N) is 1. The number of aryl methyl sites for hydroxylation is 2. The molecule has 0 aliphatic rings. The largest absolute Gasteiger partial charge is 0.468 e. The van der Waals surface area contributed by atoms with E-state index in [0.29, 0.717) is 12.1 Å². The predicted octanol–water partition coefficient (Wildman–Crippen LogP) is 5.99. The Morgan fingerprint density at radius 2 is 1.45 bits per heavy atom. The summed E-state index contributed by atoms with van der Waals surface area (Å²) in [6, 6.07) is 5.72. The maximum atomic E-state index is 12.9. The van der Waals surface area contributed by atoms with E-state index in [9.17, 15) is 14.4 Å². The first kappa shape index (κ1) is 27.2. The SMILES string of the molecule is CCCCCCCCCCCC(=O)SCC(=O)N(CC(=O)OC)c1c(C)cccc1C. The van der Waals surface area contributed by atoms with Crippen LogP contribution in [-0.2, 0) is 19.1 Å². The fourth-order valence-corrected chi connectivity index (χ4v) is 4.32. The zero-order chi connectivity index (χ0) is 23.1. The van der Waals surface area contributed by atoms with Crippen LogP contribution in [0.2, 0.25) is 0 Å². The summed E-state index contributed by atoms with van der Waals surface area (Å²) in [6.07, 6.45) is 11.4. The van der Waals surface area contributed by atoms with Crippen molar-refractivity contribution in [2.24, 2.45) is 0 Å². The molecular formula is C25H39NO4S. The van der Waals surface area contributed by atoms with Crippen LogP contribution in [0.15, 0.2) is 18.2 Å². The Labute approximate surface area is 192 Å². The average molecular weight is 450 g/mol. The van der Waals surface area contributed by atoms with Gasteiger partial charge in [-0.1, -0.05) is 88.3 Å². The molecule has 5 nitrogen and oxygen atoms in total. The fourth-order valence-electron chi connectivity index (χ4n) is 3.59. The number of hydrogen-bond donors (Lipinski definition) is 0. The van der Waals surface area contributed by atoms with Crippen molar-refractivity contribution in [1.82, 2.24) is 0 Å².